The molecule has 0 unspecified atom stereocenters. The van der Waals surface area contributed by atoms with Crippen LogP contribution in [0.25, 0.3) is 10.6 Å². The second kappa shape index (κ2) is 7.76. The lowest BCUT2D eigenvalue weighted by Gasteiger charge is -2.01. The number of carbonyl (C=O) groups excluding carboxylic acids is 1. The summed E-state index contributed by atoms with van der Waals surface area (Å²) < 4.78 is 4.52. The van der Waals surface area contributed by atoms with Crippen molar-refractivity contribution >= 4 is 39.9 Å². The third kappa shape index (κ3) is 4.43. The summed E-state index contributed by atoms with van der Waals surface area (Å²) in [5, 5.41) is 7.97. The second-order valence-electron chi connectivity index (χ2n) is 4.20. The number of guanidine groups is 1. The Balaban J connectivity index is 1.98. The van der Waals surface area contributed by atoms with Crippen LogP contribution in [0.15, 0.2) is 22.5 Å². The van der Waals surface area contributed by atoms with E-state index in [4.69, 9.17) is 5.73 Å². The first-order valence-corrected chi connectivity index (χ1v) is 8.20. The zero-order valence-electron chi connectivity index (χ0n) is 12.3. The molecule has 0 aliphatic rings. The number of carbonyl (C=O) groups is 1. The van der Waals surface area contributed by atoms with Crippen LogP contribution in [0.4, 0.5) is 9.93 Å². The van der Waals surface area contributed by atoms with E-state index in [0.29, 0.717) is 17.6 Å². The SMILES string of the molecule is CN/C(N)=N/c1nc(-c2ccc(CCNC(=O)OC)s2)cs1. The minimum absolute atomic E-state index is 0.335. The van der Waals surface area contributed by atoms with Crippen LogP contribution in [-0.2, 0) is 11.2 Å². The zero-order valence-corrected chi connectivity index (χ0v) is 13.9. The van der Waals surface area contributed by atoms with Gasteiger partial charge in [0.25, 0.3) is 0 Å². The number of methoxy groups -OCH3 is 1. The van der Waals surface area contributed by atoms with Gasteiger partial charge in [-0.15, -0.1) is 22.7 Å². The highest BCUT2D eigenvalue weighted by Gasteiger charge is 2.08. The van der Waals surface area contributed by atoms with Crippen LogP contribution in [0.2, 0.25) is 0 Å². The number of rotatable bonds is 5. The Hall–Kier alpha value is -2.13. The van der Waals surface area contributed by atoms with Gasteiger partial charge < -0.3 is 21.1 Å². The van der Waals surface area contributed by atoms with E-state index < -0.39 is 6.09 Å². The molecule has 7 nitrogen and oxygen atoms in total. The van der Waals surface area contributed by atoms with E-state index in [-0.39, 0.29) is 0 Å². The minimum atomic E-state index is -0.416. The van der Waals surface area contributed by atoms with E-state index in [1.807, 2.05) is 17.5 Å². The molecular formula is C13H17N5O2S2. The van der Waals surface area contributed by atoms with E-state index in [1.165, 1.54) is 23.3 Å². The van der Waals surface area contributed by atoms with Crippen LogP contribution in [0, 0.1) is 0 Å². The van der Waals surface area contributed by atoms with Crippen molar-refractivity contribution in [3.8, 4) is 10.6 Å². The lowest BCUT2D eigenvalue weighted by Crippen LogP contribution is -2.27. The summed E-state index contributed by atoms with van der Waals surface area (Å²) in [6.45, 7) is 0.540. The maximum Gasteiger partial charge on any atom is 0.406 e. The van der Waals surface area contributed by atoms with Crippen molar-refractivity contribution in [2.75, 3.05) is 20.7 Å². The zero-order chi connectivity index (χ0) is 15.9. The number of hydrogen-bond acceptors (Lipinski definition) is 6. The Bertz CT molecular complexity index is 665. The summed E-state index contributed by atoms with van der Waals surface area (Å²) in [6, 6.07) is 4.05. The molecule has 2 aromatic rings. The third-order valence-electron chi connectivity index (χ3n) is 2.70. The first-order valence-electron chi connectivity index (χ1n) is 6.50. The molecule has 22 heavy (non-hydrogen) atoms. The van der Waals surface area contributed by atoms with Gasteiger partial charge in [-0.3, -0.25) is 0 Å². The first-order chi connectivity index (χ1) is 10.6. The van der Waals surface area contributed by atoms with Crippen molar-refractivity contribution in [1.82, 2.24) is 15.6 Å². The molecule has 9 heteroatoms. The maximum absolute atomic E-state index is 11.0. The van der Waals surface area contributed by atoms with Gasteiger partial charge in [0.05, 0.1) is 17.7 Å². The van der Waals surface area contributed by atoms with Crippen LogP contribution in [0.1, 0.15) is 4.88 Å². The Morgan fingerprint density at radius 2 is 2.32 bits per heavy atom. The first kappa shape index (κ1) is 16.2. The summed E-state index contributed by atoms with van der Waals surface area (Å²) in [7, 11) is 3.06. The van der Waals surface area contributed by atoms with Crippen LogP contribution in [-0.4, -0.2) is 37.7 Å². The Labute approximate surface area is 136 Å². The number of ether oxygens (including phenoxy) is 1. The summed E-state index contributed by atoms with van der Waals surface area (Å²) in [4.78, 5) is 21.8. The highest BCUT2D eigenvalue weighted by Crippen LogP contribution is 2.31. The molecule has 2 rings (SSSR count). The van der Waals surface area contributed by atoms with Gasteiger partial charge in [0, 0.05) is 23.8 Å². The molecule has 0 aromatic carbocycles. The Kier molecular flexibility index (Phi) is 5.73. The number of nitrogens with one attached hydrogen (secondary N) is 2. The fourth-order valence-electron chi connectivity index (χ4n) is 1.60. The Morgan fingerprint density at radius 3 is 3.05 bits per heavy atom. The van der Waals surface area contributed by atoms with Crippen LogP contribution < -0.4 is 16.4 Å². The summed E-state index contributed by atoms with van der Waals surface area (Å²) in [5.74, 6) is 0.335. The molecule has 0 aliphatic carbocycles. The van der Waals surface area contributed by atoms with Crippen molar-refractivity contribution in [3.63, 3.8) is 0 Å². The smallest absolute Gasteiger partial charge is 0.406 e. The molecule has 0 aliphatic heterocycles. The molecule has 2 aromatic heterocycles. The quantitative estimate of drug-likeness (QED) is 0.571. The lowest BCUT2D eigenvalue weighted by atomic mass is 10.3. The molecule has 1 amide bonds. The van der Waals surface area contributed by atoms with Gasteiger partial charge >= 0.3 is 6.09 Å². The van der Waals surface area contributed by atoms with E-state index in [9.17, 15) is 4.79 Å². The number of amides is 1. The molecule has 2 heterocycles. The highest BCUT2D eigenvalue weighted by molar-refractivity contribution is 7.16. The number of aromatic nitrogens is 1. The monoisotopic (exact) mass is 339 g/mol. The van der Waals surface area contributed by atoms with E-state index in [2.05, 4.69) is 25.3 Å². The average Bonchev–Trinajstić information content (AvgIpc) is 3.16. The largest absolute Gasteiger partial charge is 0.453 e. The summed E-state index contributed by atoms with van der Waals surface area (Å²) in [5.41, 5.74) is 6.49. The topological polar surface area (TPSA) is 102 Å². The van der Waals surface area contributed by atoms with Crippen molar-refractivity contribution in [3.05, 3.63) is 22.4 Å². The van der Waals surface area contributed by atoms with Crippen molar-refractivity contribution < 1.29 is 9.53 Å². The van der Waals surface area contributed by atoms with E-state index in [1.54, 1.807) is 18.4 Å². The van der Waals surface area contributed by atoms with Gasteiger partial charge in [0.15, 0.2) is 5.96 Å². The number of nitrogens with two attached hydrogens (primary N) is 1. The van der Waals surface area contributed by atoms with Gasteiger partial charge in [0.2, 0.25) is 5.13 Å². The number of thiazole rings is 1. The van der Waals surface area contributed by atoms with Gasteiger partial charge in [-0.2, -0.15) is 4.99 Å². The number of nitrogens with zero attached hydrogens (tertiary/aromatic N) is 2. The average molecular weight is 339 g/mol. The predicted octanol–water partition coefficient (Wildman–Crippen LogP) is 1.94. The fraction of sp³-hybridized carbons (Fsp3) is 0.308. The molecule has 0 spiro atoms. The summed E-state index contributed by atoms with van der Waals surface area (Å²) in [6.07, 6.45) is 0.336. The standard InChI is InChI=1S/C13H17N5O2S2/c1-15-11(14)18-12-17-9(7-21-12)10-4-3-8(22-10)5-6-16-13(19)20-2/h3-4,7H,5-6H2,1-2H3,(H,16,19)(H3,14,15,17,18). The van der Waals surface area contributed by atoms with Crippen LogP contribution in [0.5, 0.6) is 0 Å². The highest BCUT2D eigenvalue weighted by atomic mass is 32.1. The van der Waals surface area contributed by atoms with Crippen molar-refractivity contribution in [1.29, 1.82) is 0 Å². The van der Waals surface area contributed by atoms with E-state index in [0.717, 1.165) is 17.0 Å². The lowest BCUT2D eigenvalue weighted by molar-refractivity contribution is 0.171. The molecule has 0 atom stereocenters. The fourth-order valence-corrected chi connectivity index (χ4v) is 3.34. The van der Waals surface area contributed by atoms with E-state index >= 15 is 0 Å². The van der Waals surface area contributed by atoms with Gasteiger partial charge in [-0.25, -0.2) is 9.78 Å². The normalized spacial score (nSPS) is 11.3. The molecule has 0 radical (unpaired) electrons. The van der Waals surface area contributed by atoms with Crippen LogP contribution >= 0.6 is 22.7 Å². The number of aliphatic imine (C=N–C) groups is 1. The van der Waals surface area contributed by atoms with Gasteiger partial charge in [-0.1, -0.05) is 0 Å². The molecule has 0 bridgehead atoms. The Morgan fingerprint density at radius 1 is 1.50 bits per heavy atom. The summed E-state index contributed by atoms with van der Waals surface area (Å²) >= 11 is 3.08. The van der Waals surface area contributed by atoms with Crippen molar-refractivity contribution in [2.24, 2.45) is 10.7 Å². The molecule has 4 N–H and O–H groups in total. The third-order valence-corrected chi connectivity index (χ3v) is 4.61. The van der Waals surface area contributed by atoms with Gasteiger partial charge in [0.1, 0.15) is 0 Å². The maximum atomic E-state index is 11.0. The van der Waals surface area contributed by atoms with Crippen LogP contribution in [0.3, 0.4) is 0 Å². The van der Waals surface area contributed by atoms with Crippen molar-refractivity contribution in [2.45, 2.75) is 6.42 Å². The minimum Gasteiger partial charge on any atom is -0.453 e. The molecule has 0 saturated heterocycles. The molecule has 0 saturated carbocycles. The predicted molar refractivity (Wildman–Crippen MR) is 89.9 cm³/mol. The molecule has 0 fully saturated rings. The number of alkyl carbamates (subject to hydrolysis) is 1. The second-order valence-corrected chi connectivity index (χ2v) is 6.20. The number of hydrogen-bond donors (Lipinski definition) is 3. The molecule has 118 valence electrons. The number of thiophene rings is 1. The van der Waals surface area contributed by atoms with Gasteiger partial charge in [-0.05, 0) is 18.6 Å². The molecular weight excluding hydrogens is 322 g/mol.